The van der Waals surface area contributed by atoms with E-state index in [2.05, 4.69) is 21.0 Å². The summed E-state index contributed by atoms with van der Waals surface area (Å²) in [4.78, 5) is 26.2. The zero-order valence-corrected chi connectivity index (χ0v) is 17.0. The molecule has 0 aliphatic heterocycles. The van der Waals surface area contributed by atoms with E-state index in [-0.39, 0.29) is 17.2 Å². The predicted molar refractivity (Wildman–Crippen MR) is 111 cm³/mol. The Hall–Kier alpha value is -2.93. The largest absolute Gasteiger partial charge is 0.492 e. The summed E-state index contributed by atoms with van der Waals surface area (Å²) in [6.07, 6.45) is 0. The number of benzene rings is 2. The minimum Gasteiger partial charge on any atom is -0.492 e. The molecule has 0 fully saturated rings. The third-order valence-corrected chi connectivity index (χ3v) is 4.65. The Bertz CT molecular complexity index is 988. The Balaban J connectivity index is 1.62. The average Bonchev–Trinajstić information content (AvgIpc) is 2.71. The minimum absolute atomic E-state index is 0.224. The molecule has 1 heterocycles. The molecule has 3 aromatic rings. The van der Waals surface area contributed by atoms with Crippen molar-refractivity contribution in [1.82, 2.24) is 14.7 Å². The number of aromatic nitrogens is 2. The van der Waals surface area contributed by atoms with Crippen LogP contribution in [0.4, 0.5) is 0 Å². The zero-order valence-electron chi connectivity index (χ0n) is 15.4. The lowest BCUT2D eigenvalue weighted by Gasteiger charge is -2.17. The Morgan fingerprint density at radius 3 is 2.50 bits per heavy atom. The van der Waals surface area contributed by atoms with Crippen molar-refractivity contribution in [3.8, 4) is 5.75 Å². The molecule has 7 heteroatoms. The van der Waals surface area contributed by atoms with Crippen LogP contribution in [0.15, 0.2) is 76.0 Å². The van der Waals surface area contributed by atoms with E-state index in [0.29, 0.717) is 19.7 Å². The maximum Gasteiger partial charge on any atom is 0.274 e. The van der Waals surface area contributed by atoms with E-state index >= 15 is 0 Å². The number of nitrogens with zero attached hydrogens (tertiary/aromatic N) is 3. The normalized spacial score (nSPS) is 10.5. The molecule has 3 rings (SSSR count). The van der Waals surface area contributed by atoms with Gasteiger partial charge in [-0.2, -0.15) is 5.10 Å². The number of rotatable bonds is 7. The quantitative estimate of drug-likeness (QED) is 0.564. The molecule has 0 saturated heterocycles. The third kappa shape index (κ3) is 5.29. The van der Waals surface area contributed by atoms with E-state index in [1.54, 1.807) is 7.05 Å². The molecule has 0 saturated carbocycles. The Morgan fingerprint density at radius 2 is 1.79 bits per heavy atom. The highest BCUT2D eigenvalue weighted by Gasteiger charge is 2.15. The second-order valence-electron chi connectivity index (χ2n) is 6.23. The number of halogens is 1. The molecule has 2 aromatic carbocycles. The number of amides is 1. The summed E-state index contributed by atoms with van der Waals surface area (Å²) >= 11 is 3.37. The van der Waals surface area contributed by atoms with Gasteiger partial charge in [0.1, 0.15) is 18.1 Å². The molecule has 0 aliphatic carbocycles. The molecular weight excluding hydrogens is 422 g/mol. The summed E-state index contributed by atoms with van der Waals surface area (Å²) in [5.41, 5.74) is 0.918. The van der Waals surface area contributed by atoms with Crippen LogP contribution >= 0.6 is 15.9 Å². The molecule has 144 valence electrons. The summed E-state index contributed by atoms with van der Waals surface area (Å²) in [7, 11) is 1.68. The second-order valence-corrected chi connectivity index (χ2v) is 7.14. The molecule has 6 nitrogen and oxygen atoms in total. The van der Waals surface area contributed by atoms with Crippen molar-refractivity contribution in [2.45, 2.75) is 6.54 Å². The Kier molecular flexibility index (Phi) is 6.60. The van der Waals surface area contributed by atoms with Crippen LogP contribution in [0.2, 0.25) is 0 Å². The van der Waals surface area contributed by atoms with Gasteiger partial charge in [-0.15, -0.1) is 0 Å². The number of carbonyl (C=O) groups is 1. The number of ether oxygens (including phenoxy) is 1. The lowest BCUT2D eigenvalue weighted by atomic mass is 10.2. The van der Waals surface area contributed by atoms with E-state index < -0.39 is 0 Å². The monoisotopic (exact) mass is 441 g/mol. The molecule has 0 N–H and O–H groups in total. The molecule has 0 bridgehead atoms. The second kappa shape index (κ2) is 9.32. The molecule has 0 aliphatic rings. The van der Waals surface area contributed by atoms with Crippen LogP contribution in [-0.2, 0) is 6.54 Å². The van der Waals surface area contributed by atoms with Gasteiger partial charge in [0.15, 0.2) is 0 Å². The van der Waals surface area contributed by atoms with Gasteiger partial charge in [0, 0.05) is 17.6 Å². The van der Waals surface area contributed by atoms with E-state index in [4.69, 9.17) is 4.74 Å². The topological polar surface area (TPSA) is 64.4 Å². The van der Waals surface area contributed by atoms with Gasteiger partial charge in [0.25, 0.3) is 11.5 Å². The van der Waals surface area contributed by atoms with Gasteiger partial charge in [-0.1, -0.05) is 46.3 Å². The van der Waals surface area contributed by atoms with Gasteiger partial charge in [-0.3, -0.25) is 9.59 Å². The lowest BCUT2D eigenvalue weighted by Crippen LogP contribution is -2.33. The fourth-order valence-corrected chi connectivity index (χ4v) is 2.83. The smallest absolute Gasteiger partial charge is 0.274 e. The fraction of sp³-hybridized carbons (Fsp3) is 0.190. The van der Waals surface area contributed by atoms with Gasteiger partial charge in [-0.05, 0) is 35.9 Å². The van der Waals surface area contributed by atoms with Crippen molar-refractivity contribution in [3.63, 3.8) is 0 Å². The molecule has 0 radical (unpaired) electrons. The van der Waals surface area contributed by atoms with Gasteiger partial charge >= 0.3 is 0 Å². The highest BCUT2D eigenvalue weighted by Crippen LogP contribution is 2.16. The standard InChI is InChI=1S/C21H20BrN3O3/c1-24(13-14-28-18-9-7-17(22)8-10-18)21(27)19-11-12-20(26)25(23-19)15-16-5-3-2-4-6-16/h2-12H,13-15H2,1H3. The maximum absolute atomic E-state index is 12.6. The average molecular weight is 442 g/mol. The van der Waals surface area contributed by atoms with Crippen molar-refractivity contribution in [2.75, 3.05) is 20.2 Å². The summed E-state index contributed by atoms with van der Waals surface area (Å²) in [5, 5.41) is 4.23. The molecule has 1 amide bonds. The molecular formula is C21H20BrN3O3. The molecule has 1 aromatic heterocycles. The first-order chi connectivity index (χ1) is 13.5. The first-order valence-corrected chi connectivity index (χ1v) is 9.58. The summed E-state index contributed by atoms with van der Waals surface area (Å²) in [6, 6.07) is 19.8. The van der Waals surface area contributed by atoms with Crippen LogP contribution < -0.4 is 10.3 Å². The van der Waals surface area contributed by atoms with Crippen LogP contribution in [0.3, 0.4) is 0 Å². The van der Waals surface area contributed by atoms with E-state index in [9.17, 15) is 9.59 Å². The third-order valence-electron chi connectivity index (χ3n) is 4.12. The predicted octanol–water partition coefficient (Wildman–Crippen LogP) is 3.21. The van der Waals surface area contributed by atoms with Gasteiger partial charge in [0.2, 0.25) is 0 Å². The summed E-state index contributed by atoms with van der Waals surface area (Å²) in [6.45, 7) is 1.07. The van der Waals surface area contributed by atoms with Crippen molar-refractivity contribution >= 4 is 21.8 Å². The van der Waals surface area contributed by atoms with E-state index in [1.807, 2.05) is 54.6 Å². The summed E-state index contributed by atoms with van der Waals surface area (Å²) in [5.74, 6) is 0.472. The molecule has 28 heavy (non-hydrogen) atoms. The highest BCUT2D eigenvalue weighted by molar-refractivity contribution is 9.10. The SMILES string of the molecule is CN(CCOc1ccc(Br)cc1)C(=O)c1ccc(=O)n(Cc2ccccc2)n1. The van der Waals surface area contributed by atoms with E-state index in [1.165, 1.54) is 21.7 Å². The fourth-order valence-electron chi connectivity index (χ4n) is 2.56. The number of carbonyl (C=O) groups excluding carboxylic acids is 1. The zero-order chi connectivity index (χ0) is 19.9. The van der Waals surface area contributed by atoms with Gasteiger partial charge < -0.3 is 9.64 Å². The first-order valence-electron chi connectivity index (χ1n) is 8.79. The van der Waals surface area contributed by atoms with Crippen LogP contribution in [0.1, 0.15) is 16.1 Å². The van der Waals surface area contributed by atoms with Crippen molar-refractivity contribution in [2.24, 2.45) is 0 Å². The molecule has 0 unspecified atom stereocenters. The molecule has 0 spiro atoms. The minimum atomic E-state index is -0.263. The van der Waals surface area contributed by atoms with Gasteiger partial charge in [0.05, 0.1) is 13.1 Å². The van der Waals surface area contributed by atoms with Crippen LogP contribution in [-0.4, -0.2) is 40.8 Å². The number of likely N-dealkylation sites (N-methyl/N-ethyl adjacent to an activating group) is 1. The van der Waals surface area contributed by atoms with Crippen molar-refractivity contribution in [1.29, 1.82) is 0 Å². The van der Waals surface area contributed by atoms with Crippen molar-refractivity contribution in [3.05, 3.63) is 92.8 Å². The Labute approximate surface area is 171 Å². The summed E-state index contributed by atoms with van der Waals surface area (Å²) < 4.78 is 7.93. The van der Waals surface area contributed by atoms with Crippen LogP contribution in [0, 0.1) is 0 Å². The first kappa shape index (κ1) is 19.8. The van der Waals surface area contributed by atoms with Gasteiger partial charge in [-0.25, -0.2) is 4.68 Å². The Morgan fingerprint density at radius 1 is 1.07 bits per heavy atom. The van der Waals surface area contributed by atoms with Crippen LogP contribution in [0.5, 0.6) is 5.75 Å². The lowest BCUT2D eigenvalue weighted by molar-refractivity contribution is 0.0765. The number of hydrogen-bond donors (Lipinski definition) is 0. The number of hydrogen-bond acceptors (Lipinski definition) is 4. The maximum atomic E-state index is 12.6. The molecule has 0 atom stereocenters. The van der Waals surface area contributed by atoms with E-state index in [0.717, 1.165) is 15.8 Å². The van der Waals surface area contributed by atoms with Crippen LogP contribution in [0.25, 0.3) is 0 Å². The van der Waals surface area contributed by atoms with Crippen molar-refractivity contribution < 1.29 is 9.53 Å². The highest BCUT2D eigenvalue weighted by atomic mass is 79.9.